The van der Waals surface area contributed by atoms with Gasteiger partial charge in [0.1, 0.15) is 18.2 Å². The molecule has 0 atom stereocenters. The maximum absolute atomic E-state index is 13.9. The van der Waals surface area contributed by atoms with Gasteiger partial charge in [-0.2, -0.15) is 0 Å². The molecule has 0 spiro atoms. The molecule has 3 aromatic rings. The number of halogens is 1. The standard InChI is InChI=1S/C21H21FN2O3S/c1-14-19(13-15-7-3-5-9-17(15)22)28-21(23-14)24-20(25)16-8-4-6-10-18(16)27-12-11-26-2/h3-10H,11-13H2,1-2H3,(H,23,24,25). The van der Waals surface area contributed by atoms with Crippen molar-refractivity contribution in [2.75, 3.05) is 25.6 Å². The second-order valence-corrected chi connectivity index (χ2v) is 7.17. The van der Waals surface area contributed by atoms with Crippen LogP contribution in [0.1, 0.15) is 26.5 Å². The average molecular weight is 400 g/mol. The number of rotatable bonds is 8. The number of methoxy groups -OCH3 is 1. The molecule has 3 rings (SSSR count). The molecule has 0 bridgehead atoms. The van der Waals surface area contributed by atoms with E-state index in [9.17, 15) is 9.18 Å². The molecule has 7 heteroatoms. The van der Waals surface area contributed by atoms with Crippen molar-refractivity contribution in [3.05, 3.63) is 76.0 Å². The van der Waals surface area contributed by atoms with Gasteiger partial charge in [-0.1, -0.05) is 30.3 Å². The van der Waals surface area contributed by atoms with Crippen LogP contribution >= 0.6 is 11.3 Å². The SMILES string of the molecule is COCCOc1ccccc1C(=O)Nc1nc(C)c(Cc2ccccc2F)s1. The first-order chi connectivity index (χ1) is 13.6. The predicted octanol–water partition coefficient (Wildman–Crippen LogP) is 4.46. The van der Waals surface area contributed by atoms with E-state index in [2.05, 4.69) is 10.3 Å². The molecule has 1 N–H and O–H groups in total. The summed E-state index contributed by atoms with van der Waals surface area (Å²) >= 11 is 1.34. The van der Waals surface area contributed by atoms with Crippen molar-refractivity contribution >= 4 is 22.4 Å². The zero-order valence-corrected chi connectivity index (χ0v) is 16.5. The molecule has 0 saturated heterocycles. The number of amides is 1. The molecule has 1 amide bonds. The monoisotopic (exact) mass is 400 g/mol. The van der Waals surface area contributed by atoms with E-state index in [1.54, 1.807) is 49.6 Å². The lowest BCUT2D eigenvalue weighted by Crippen LogP contribution is -2.14. The van der Waals surface area contributed by atoms with Gasteiger partial charge in [0.2, 0.25) is 0 Å². The summed E-state index contributed by atoms with van der Waals surface area (Å²) in [5, 5.41) is 3.29. The molecule has 5 nitrogen and oxygen atoms in total. The number of aromatic nitrogens is 1. The average Bonchev–Trinajstić information content (AvgIpc) is 3.03. The van der Waals surface area contributed by atoms with Gasteiger partial charge in [0.25, 0.3) is 5.91 Å². The molecule has 0 radical (unpaired) electrons. The Morgan fingerprint density at radius 3 is 2.68 bits per heavy atom. The maximum atomic E-state index is 13.9. The van der Waals surface area contributed by atoms with Gasteiger partial charge >= 0.3 is 0 Å². The van der Waals surface area contributed by atoms with Crippen LogP contribution in [0.15, 0.2) is 48.5 Å². The van der Waals surface area contributed by atoms with E-state index in [1.807, 2.05) is 6.92 Å². The number of aryl methyl sites for hydroxylation is 1. The third-order valence-electron chi connectivity index (χ3n) is 4.10. The topological polar surface area (TPSA) is 60.5 Å². The van der Waals surface area contributed by atoms with Crippen LogP contribution in [0.5, 0.6) is 5.75 Å². The summed E-state index contributed by atoms with van der Waals surface area (Å²) < 4.78 is 24.5. The number of hydrogen-bond acceptors (Lipinski definition) is 5. The largest absolute Gasteiger partial charge is 0.490 e. The van der Waals surface area contributed by atoms with Gasteiger partial charge in [-0.25, -0.2) is 9.37 Å². The van der Waals surface area contributed by atoms with Crippen LogP contribution in [0.4, 0.5) is 9.52 Å². The summed E-state index contributed by atoms with van der Waals surface area (Å²) in [4.78, 5) is 18.0. The van der Waals surface area contributed by atoms with E-state index in [0.717, 1.165) is 10.6 Å². The van der Waals surface area contributed by atoms with Gasteiger partial charge in [-0.05, 0) is 30.7 Å². The molecule has 28 heavy (non-hydrogen) atoms. The third-order valence-corrected chi connectivity index (χ3v) is 5.17. The lowest BCUT2D eigenvalue weighted by atomic mass is 10.1. The Hall–Kier alpha value is -2.77. The smallest absolute Gasteiger partial charge is 0.261 e. The quantitative estimate of drug-likeness (QED) is 0.567. The Balaban J connectivity index is 1.73. The summed E-state index contributed by atoms with van der Waals surface area (Å²) in [6.07, 6.45) is 0.433. The Kier molecular flexibility index (Phi) is 6.73. The number of benzene rings is 2. The molecule has 2 aromatic carbocycles. The molecule has 146 valence electrons. The van der Waals surface area contributed by atoms with Gasteiger partial charge in [0.15, 0.2) is 5.13 Å². The van der Waals surface area contributed by atoms with E-state index in [-0.39, 0.29) is 11.7 Å². The minimum atomic E-state index is -0.306. The second kappa shape index (κ2) is 9.43. The zero-order valence-electron chi connectivity index (χ0n) is 15.7. The maximum Gasteiger partial charge on any atom is 0.261 e. The van der Waals surface area contributed by atoms with Crippen molar-refractivity contribution in [2.24, 2.45) is 0 Å². The summed E-state index contributed by atoms with van der Waals surface area (Å²) in [6.45, 7) is 2.63. The molecule has 0 fully saturated rings. The van der Waals surface area contributed by atoms with E-state index in [4.69, 9.17) is 9.47 Å². The number of thiazole rings is 1. The number of nitrogens with zero attached hydrogens (tertiary/aromatic N) is 1. The van der Waals surface area contributed by atoms with Crippen molar-refractivity contribution in [1.29, 1.82) is 0 Å². The van der Waals surface area contributed by atoms with Crippen LogP contribution in [0.25, 0.3) is 0 Å². The number of ether oxygens (including phenoxy) is 2. The fourth-order valence-corrected chi connectivity index (χ4v) is 3.62. The van der Waals surface area contributed by atoms with Gasteiger partial charge in [-0.15, -0.1) is 11.3 Å². The molecule has 0 aliphatic carbocycles. The molecular formula is C21H21FN2O3S. The van der Waals surface area contributed by atoms with E-state index in [1.165, 1.54) is 17.4 Å². The molecule has 1 aromatic heterocycles. The molecule has 0 aliphatic heterocycles. The molecule has 0 unspecified atom stereocenters. The van der Waals surface area contributed by atoms with Gasteiger partial charge in [0, 0.05) is 18.4 Å². The Morgan fingerprint density at radius 1 is 1.14 bits per heavy atom. The van der Waals surface area contributed by atoms with E-state index >= 15 is 0 Å². The lowest BCUT2D eigenvalue weighted by Gasteiger charge is -2.10. The fraction of sp³-hybridized carbons (Fsp3) is 0.238. The number of carbonyl (C=O) groups excluding carboxylic acids is 1. The van der Waals surface area contributed by atoms with Crippen molar-refractivity contribution in [3.8, 4) is 5.75 Å². The first kappa shape index (κ1) is 20.0. The molecular weight excluding hydrogens is 379 g/mol. The highest BCUT2D eigenvalue weighted by atomic mass is 32.1. The lowest BCUT2D eigenvalue weighted by molar-refractivity contribution is 0.101. The summed E-state index contributed by atoms with van der Waals surface area (Å²) in [5.74, 6) is -0.0702. The highest BCUT2D eigenvalue weighted by Gasteiger charge is 2.16. The van der Waals surface area contributed by atoms with Gasteiger partial charge in [-0.3, -0.25) is 10.1 Å². The molecule has 0 aliphatic rings. The van der Waals surface area contributed by atoms with E-state index < -0.39 is 0 Å². The first-order valence-electron chi connectivity index (χ1n) is 8.80. The third kappa shape index (κ3) is 4.94. The normalized spacial score (nSPS) is 10.7. The van der Waals surface area contributed by atoms with Crippen LogP contribution in [0.2, 0.25) is 0 Å². The number of nitrogens with one attached hydrogen (secondary N) is 1. The summed E-state index contributed by atoms with van der Waals surface area (Å²) in [6, 6.07) is 13.7. The minimum Gasteiger partial charge on any atom is -0.490 e. The first-order valence-corrected chi connectivity index (χ1v) is 9.62. The minimum absolute atomic E-state index is 0.247. The van der Waals surface area contributed by atoms with Crippen LogP contribution in [0.3, 0.4) is 0 Å². The Bertz CT molecular complexity index is 958. The highest BCUT2D eigenvalue weighted by Crippen LogP contribution is 2.27. The predicted molar refractivity (Wildman–Crippen MR) is 108 cm³/mol. The van der Waals surface area contributed by atoms with Crippen LogP contribution in [0, 0.1) is 12.7 Å². The second-order valence-electron chi connectivity index (χ2n) is 6.09. The van der Waals surface area contributed by atoms with Crippen LogP contribution in [-0.4, -0.2) is 31.2 Å². The van der Waals surface area contributed by atoms with Crippen molar-refractivity contribution in [1.82, 2.24) is 4.98 Å². The van der Waals surface area contributed by atoms with Crippen molar-refractivity contribution < 1.29 is 18.7 Å². The van der Waals surface area contributed by atoms with Crippen LogP contribution < -0.4 is 10.1 Å². The number of para-hydroxylation sites is 1. The molecule has 0 saturated carbocycles. The van der Waals surface area contributed by atoms with Crippen LogP contribution in [-0.2, 0) is 11.2 Å². The summed E-state index contributed by atoms with van der Waals surface area (Å²) in [5.41, 5.74) is 1.79. The van der Waals surface area contributed by atoms with Gasteiger partial charge < -0.3 is 9.47 Å². The molecule has 1 heterocycles. The number of carbonyl (C=O) groups is 1. The van der Waals surface area contributed by atoms with Crippen molar-refractivity contribution in [3.63, 3.8) is 0 Å². The number of hydrogen-bond donors (Lipinski definition) is 1. The Labute approximate surface area is 167 Å². The van der Waals surface area contributed by atoms with Gasteiger partial charge in [0.05, 0.1) is 17.9 Å². The summed E-state index contributed by atoms with van der Waals surface area (Å²) in [7, 11) is 1.59. The zero-order chi connectivity index (χ0) is 19.9. The van der Waals surface area contributed by atoms with Crippen molar-refractivity contribution in [2.45, 2.75) is 13.3 Å². The fourth-order valence-electron chi connectivity index (χ4n) is 2.64. The highest BCUT2D eigenvalue weighted by molar-refractivity contribution is 7.15. The Morgan fingerprint density at radius 2 is 1.89 bits per heavy atom. The number of anilines is 1. The van der Waals surface area contributed by atoms with E-state index in [0.29, 0.717) is 41.6 Å².